The van der Waals surface area contributed by atoms with Crippen molar-refractivity contribution in [1.29, 1.82) is 0 Å². The van der Waals surface area contributed by atoms with Gasteiger partial charge in [-0.3, -0.25) is 0 Å². The minimum Gasteiger partial charge on any atom is -0.379 e. The summed E-state index contributed by atoms with van der Waals surface area (Å²) in [6, 6.07) is 0.658. The lowest BCUT2D eigenvalue weighted by atomic mass is 10.5. The van der Waals surface area contributed by atoms with Crippen LogP contribution < -0.4 is 5.32 Å². The molecule has 1 N–H and O–H groups in total. The van der Waals surface area contributed by atoms with Crippen LogP contribution in [0.15, 0.2) is 0 Å². The maximum Gasteiger partial charge on any atom is 0.214 e. The van der Waals surface area contributed by atoms with E-state index >= 15 is 0 Å². The molecule has 0 aromatic heterocycles. The number of sulfonamides is 1. The highest BCUT2D eigenvalue weighted by Crippen LogP contribution is 2.18. The highest BCUT2D eigenvalue weighted by atomic mass is 32.2. The molecule has 6 heteroatoms. The minimum atomic E-state index is -3.05. The van der Waals surface area contributed by atoms with E-state index in [-0.39, 0.29) is 5.75 Å². The van der Waals surface area contributed by atoms with Crippen LogP contribution in [0.25, 0.3) is 0 Å². The Balaban J connectivity index is 1.68. The van der Waals surface area contributed by atoms with Gasteiger partial charge in [0, 0.05) is 19.1 Å². The molecule has 0 bridgehead atoms. The second-order valence-corrected chi connectivity index (χ2v) is 6.50. The largest absolute Gasteiger partial charge is 0.379 e. The van der Waals surface area contributed by atoms with Gasteiger partial charge in [0.1, 0.15) is 0 Å². The van der Waals surface area contributed by atoms with E-state index in [1.54, 1.807) is 4.31 Å². The first-order valence-electron chi connectivity index (χ1n) is 5.97. The first-order chi connectivity index (χ1) is 7.68. The monoisotopic (exact) mass is 248 g/mol. The number of nitrogens with one attached hydrogen (secondary N) is 1. The molecule has 5 nitrogen and oxygen atoms in total. The van der Waals surface area contributed by atoms with E-state index in [2.05, 4.69) is 5.32 Å². The molecule has 16 heavy (non-hydrogen) atoms. The van der Waals surface area contributed by atoms with Crippen molar-refractivity contribution in [2.45, 2.75) is 25.3 Å². The summed E-state index contributed by atoms with van der Waals surface area (Å²) in [5, 5.41) is 3.32. The molecule has 2 rings (SSSR count). The molecular formula is C10H20N2O3S. The van der Waals surface area contributed by atoms with E-state index in [1.807, 2.05) is 0 Å². The summed E-state index contributed by atoms with van der Waals surface area (Å²) in [6.07, 6.45) is 3.20. The van der Waals surface area contributed by atoms with E-state index in [1.165, 1.54) is 12.8 Å². The zero-order chi connectivity index (χ0) is 11.4. The lowest BCUT2D eigenvalue weighted by Crippen LogP contribution is -2.42. The van der Waals surface area contributed by atoms with Gasteiger partial charge in [0.15, 0.2) is 0 Å². The summed E-state index contributed by atoms with van der Waals surface area (Å²) in [5.41, 5.74) is 0. The van der Waals surface area contributed by atoms with Gasteiger partial charge in [-0.2, -0.15) is 4.31 Å². The van der Waals surface area contributed by atoms with Crippen LogP contribution in [0.2, 0.25) is 0 Å². The van der Waals surface area contributed by atoms with Crippen molar-refractivity contribution in [3.05, 3.63) is 0 Å². The normalized spacial score (nSPS) is 23.5. The molecule has 0 radical (unpaired) electrons. The fourth-order valence-corrected chi connectivity index (χ4v) is 3.27. The lowest BCUT2D eigenvalue weighted by molar-refractivity contribution is 0.0730. The van der Waals surface area contributed by atoms with Gasteiger partial charge in [-0.15, -0.1) is 0 Å². The Bertz CT molecular complexity index is 308. The molecule has 0 spiro atoms. The molecule has 0 amide bonds. The first kappa shape index (κ1) is 12.3. The average Bonchev–Trinajstić information content (AvgIpc) is 3.10. The third-order valence-corrected chi connectivity index (χ3v) is 4.91. The Morgan fingerprint density at radius 1 is 1.25 bits per heavy atom. The third-order valence-electron chi connectivity index (χ3n) is 2.95. The average molecular weight is 248 g/mol. The van der Waals surface area contributed by atoms with Crippen molar-refractivity contribution in [2.75, 3.05) is 38.6 Å². The number of ether oxygens (including phenoxy) is 1. The quantitative estimate of drug-likeness (QED) is 0.661. The molecule has 1 aliphatic heterocycles. The summed E-state index contributed by atoms with van der Waals surface area (Å²) < 4.78 is 30.5. The van der Waals surface area contributed by atoms with Crippen molar-refractivity contribution in [3.8, 4) is 0 Å². The maximum atomic E-state index is 11.9. The predicted octanol–water partition coefficient (Wildman–Crippen LogP) is -0.209. The van der Waals surface area contributed by atoms with Crippen LogP contribution in [-0.4, -0.2) is 57.4 Å². The molecule has 0 unspecified atom stereocenters. The molecule has 1 heterocycles. The van der Waals surface area contributed by atoms with Crippen LogP contribution in [-0.2, 0) is 14.8 Å². The second kappa shape index (κ2) is 5.44. The second-order valence-electron chi connectivity index (χ2n) is 4.41. The molecule has 1 aliphatic carbocycles. The summed E-state index contributed by atoms with van der Waals surface area (Å²) in [4.78, 5) is 0. The zero-order valence-corrected chi connectivity index (χ0v) is 10.3. The molecule has 94 valence electrons. The first-order valence-corrected chi connectivity index (χ1v) is 7.58. The Morgan fingerprint density at radius 2 is 1.94 bits per heavy atom. The Morgan fingerprint density at radius 3 is 2.56 bits per heavy atom. The van der Waals surface area contributed by atoms with Crippen LogP contribution in [0.1, 0.15) is 19.3 Å². The van der Waals surface area contributed by atoms with Gasteiger partial charge in [0.2, 0.25) is 10.0 Å². The SMILES string of the molecule is O=S(=O)(CCCNC1CC1)N1CCOCC1. The lowest BCUT2D eigenvalue weighted by Gasteiger charge is -2.26. The minimum absolute atomic E-state index is 0.257. The van der Waals surface area contributed by atoms with Crippen LogP contribution >= 0.6 is 0 Å². The smallest absolute Gasteiger partial charge is 0.214 e. The molecule has 0 atom stereocenters. The van der Waals surface area contributed by atoms with Gasteiger partial charge in [-0.05, 0) is 25.8 Å². The van der Waals surface area contributed by atoms with Gasteiger partial charge in [0.05, 0.1) is 19.0 Å². The summed E-state index contributed by atoms with van der Waals surface area (Å²) in [7, 11) is -3.05. The molecule has 0 aromatic rings. The third kappa shape index (κ3) is 3.69. The van der Waals surface area contributed by atoms with Gasteiger partial charge in [-0.1, -0.05) is 0 Å². The van der Waals surface area contributed by atoms with Crippen molar-refractivity contribution >= 4 is 10.0 Å². The Kier molecular flexibility index (Phi) is 4.18. The molecule has 2 fully saturated rings. The van der Waals surface area contributed by atoms with Crippen LogP contribution in [0.5, 0.6) is 0 Å². The van der Waals surface area contributed by atoms with Gasteiger partial charge < -0.3 is 10.1 Å². The standard InChI is InChI=1S/C10H20N2O3S/c13-16(14,12-5-7-15-8-6-12)9-1-4-11-10-2-3-10/h10-11H,1-9H2. The van der Waals surface area contributed by atoms with Crippen LogP contribution in [0.4, 0.5) is 0 Å². The number of hydrogen-bond acceptors (Lipinski definition) is 4. The topological polar surface area (TPSA) is 58.6 Å². The number of hydrogen-bond donors (Lipinski definition) is 1. The van der Waals surface area contributed by atoms with E-state index < -0.39 is 10.0 Å². The highest BCUT2D eigenvalue weighted by molar-refractivity contribution is 7.89. The molecule has 1 saturated carbocycles. The fraction of sp³-hybridized carbons (Fsp3) is 1.00. The van der Waals surface area contributed by atoms with E-state index in [9.17, 15) is 8.42 Å². The molecule has 2 aliphatic rings. The number of nitrogens with zero attached hydrogens (tertiary/aromatic N) is 1. The summed E-state index contributed by atoms with van der Waals surface area (Å²) in [5.74, 6) is 0.257. The Labute approximate surface area is 97.2 Å². The molecule has 1 saturated heterocycles. The predicted molar refractivity (Wildman–Crippen MR) is 61.8 cm³/mol. The van der Waals surface area contributed by atoms with E-state index in [0.29, 0.717) is 38.8 Å². The fourth-order valence-electron chi connectivity index (χ4n) is 1.80. The zero-order valence-electron chi connectivity index (χ0n) is 9.52. The van der Waals surface area contributed by atoms with Crippen molar-refractivity contribution in [3.63, 3.8) is 0 Å². The van der Waals surface area contributed by atoms with Crippen LogP contribution in [0.3, 0.4) is 0 Å². The van der Waals surface area contributed by atoms with Gasteiger partial charge in [-0.25, -0.2) is 8.42 Å². The van der Waals surface area contributed by atoms with E-state index in [0.717, 1.165) is 6.54 Å². The van der Waals surface area contributed by atoms with Gasteiger partial charge in [0.25, 0.3) is 0 Å². The van der Waals surface area contributed by atoms with E-state index in [4.69, 9.17) is 4.74 Å². The van der Waals surface area contributed by atoms with Crippen molar-refractivity contribution in [2.24, 2.45) is 0 Å². The van der Waals surface area contributed by atoms with Crippen LogP contribution in [0, 0.1) is 0 Å². The maximum absolute atomic E-state index is 11.9. The number of rotatable bonds is 6. The Hall–Kier alpha value is -0.170. The summed E-state index contributed by atoms with van der Waals surface area (Å²) >= 11 is 0. The van der Waals surface area contributed by atoms with Crippen molar-refractivity contribution in [1.82, 2.24) is 9.62 Å². The number of morpholine rings is 1. The molecule has 0 aromatic carbocycles. The van der Waals surface area contributed by atoms with Crippen molar-refractivity contribution < 1.29 is 13.2 Å². The molecular weight excluding hydrogens is 228 g/mol. The summed E-state index contributed by atoms with van der Waals surface area (Å²) in [6.45, 7) is 2.89. The van der Waals surface area contributed by atoms with Gasteiger partial charge >= 0.3 is 0 Å². The highest BCUT2D eigenvalue weighted by Gasteiger charge is 2.24.